The zero-order valence-corrected chi connectivity index (χ0v) is 13.5. The first-order valence-electron chi connectivity index (χ1n) is 7.71. The maximum absolute atomic E-state index is 12.3. The number of carbonyl (C=O) groups is 1. The number of aromatic nitrogens is 2. The van der Waals surface area contributed by atoms with E-state index in [0.29, 0.717) is 24.7 Å². The van der Waals surface area contributed by atoms with E-state index < -0.39 is 0 Å². The number of hydrogen-bond donors (Lipinski definition) is 1. The number of hydrogen-bond acceptors (Lipinski definition) is 5. The summed E-state index contributed by atoms with van der Waals surface area (Å²) in [4.78, 5) is 12.3. The van der Waals surface area contributed by atoms with E-state index in [1.165, 1.54) is 0 Å². The summed E-state index contributed by atoms with van der Waals surface area (Å²) in [5.74, 6) is 1.47. The molecule has 7 nitrogen and oxygen atoms in total. The minimum atomic E-state index is -0.255. The second-order valence-electron chi connectivity index (χ2n) is 5.66. The number of amides is 1. The van der Waals surface area contributed by atoms with Crippen molar-refractivity contribution in [1.29, 1.82) is 0 Å². The molecule has 1 aliphatic rings. The normalized spacial score (nSPS) is 20.7. The van der Waals surface area contributed by atoms with Gasteiger partial charge < -0.3 is 19.2 Å². The first-order chi connectivity index (χ1) is 11.1. The number of carbonyl (C=O) groups excluding carboxylic acids is 1. The quantitative estimate of drug-likeness (QED) is 0.907. The highest BCUT2D eigenvalue weighted by Gasteiger charge is 2.32. The summed E-state index contributed by atoms with van der Waals surface area (Å²) in [6, 6.07) is 1.51. The van der Waals surface area contributed by atoms with E-state index in [4.69, 9.17) is 13.9 Å². The smallest absolute Gasteiger partial charge is 0.287 e. The van der Waals surface area contributed by atoms with E-state index >= 15 is 0 Å². The Bertz CT molecular complexity index is 672. The van der Waals surface area contributed by atoms with Crippen molar-refractivity contribution in [2.75, 3.05) is 13.2 Å². The van der Waals surface area contributed by atoms with Gasteiger partial charge in [-0.3, -0.25) is 9.48 Å². The van der Waals surface area contributed by atoms with Crippen LogP contribution in [0.4, 0.5) is 0 Å². The highest BCUT2D eigenvalue weighted by atomic mass is 16.5. The number of rotatable bonds is 5. The lowest BCUT2D eigenvalue weighted by atomic mass is 10.2. The number of ether oxygens (including phenoxy) is 2. The van der Waals surface area contributed by atoms with Crippen molar-refractivity contribution in [2.24, 2.45) is 0 Å². The molecule has 0 saturated carbocycles. The summed E-state index contributed by atoms with van der Waals surface area (Å²) in [6.45, 7) is 7.37. The molecule has 0 aliphatic carbocycles. The monoisotopic (exact) mass is 319 g/mol. The van der Waals surface area contributed by atoms with Crippen molar-refractivity contribution >= 4 is 5.91 Å². The highest BCUT2D eigenvalue weighted by molar-refractivity contribution is 5.92. The van der Waals surface area contributed by atoms with Crippen LogP contribution in [-0.4, -0.2) is 41.0 Å². The van der Waals surface area contributed by atoms with Crippen LogP contribution in [0.1, 0.15) is 28.8 Å². The molecule has 0 unspecified atom stereocenters. The standard InChI is InChI=1S/C16H21N3O4/c1-4-19-7-12(6-17-19)23-15-9-21-8-13(15)18-16(20)14-5-10(2)11(3)22-14/h5-7,13,15H,4,8-9H2,1-3H3,(H,18,20)/t13-,15+/m0/s1. The molecule has 1 aliphatic heterocycles. The van der Waals surface area contributed by atoms with Crippen LogP contribution < -0.4 is 10.1 Å². The molecule has 3 heterocycles. The Morgan fingerprint density at radius 3 is 2.96 bits per heavy atom. The van der Waals surface area contributed by atoms with E-state index in [1.807, 2.05) is 27.0 Å². The molecular weight excluding hydrogens is 298 g/mol. The molecule has 23 heavy (non-hydrogen) atoms. The minimum Gasteiger partial charge on any atom is -0.482 e. The third-order valence-electron chi connectivity index (χ3n) is 3.96. The lowest BCUT2D eigenvalue weighted by Gasteiger charge is -2.19. The maximum atomic E-state index is 12.3. The van der Waals surface area contributed by atoms with Crippen molar-refractivity contribution in [3.8, 4) is 5.75 Å². The summed E-state index contributed by atoms with van der Waals surface area (Å²) in [6.07, 6.45) is 3.25. The van der Waals surface area contributed by atoms with E-state index in [-0.39, 0.29) is 18.1 Å². The van der Waals surface area contributed by atoms with Gasteiger partial charge in [-0.25, -0.2) is 0 Å². The molecule has 2 atom stereocenters. The lowest BCUT2D eigenvalue weighted by Crippen LogP contribution is -2.45. The number of nitrogens with one attached hydrogen (secondary N) is 1. The zero-order valence-electron chi connectivity index (χ0n) is 13.5. The summed E-state index contributed by atoms with van der Waals surface area (Å²) < 4.78 is 18.6. The van der Waals surface area contributed by atoms with Crippen LogP contribution in [-0.2, 0) is 11.3 Å². The predicted molar refractivity (Wildman–Crippen MR) is 82.6 cm³/mol. The molecule has 7 heteroatoms. The molecule has 0 bridgehead atoms. The van der Waals surface area contributed by atoms with E-state index in [9.17, 15) is 4.79 Å². The minimum absolute atomic E-state index is 0.224. The van der Waals surface area contributed by atoms with Crippen molar-refractivity contribution in [3.05, 3.63) is 35.5 Å². The van der Waals surface area contributed by atoms with Gasteiger partial charge in [0.1, 0.15) is 11.9 Å². The Kier molecular flexibility index (Phi) is 4.38. The van der Waals surface area contributed by atoms with Gasteiger partial charge in [0.25, 0.3) is 5.91 Å². The Hall–Kier alpha value is -2.28. The topological polar surface area (TPSA) is 78.5 Å². The van der Waals surface area contributed by atoms with Gasteiger partial charge in [0.05, 0.1) is 31.6 Å². The Balaban J connectivity index is 1.63. The molecule has 3 rings (SSSR count). The van der Waals surface area contributed by atoms with E-state index in [0.717, 1.165) is 17.9 Å². The molecule has 124 valence electrons. The van der Waals surface area contributed by atoms with Gasteiger partial charge in [0.2, 0.25) is 0 Å². The number of nitrogens with zero attached hydrogens (tertiary/aromatic N) is 2. The largest absolute Gasteiger partial charge is 0.482 e. The molecular formula is C16H21N3O4. The van der Waals surface area contributed by atoms with Gasteiger partial charge in [-0.05, 0) is 32.4 Å². The van der Waals surface area contributed by atoms with Gasteiger partial charge in [-0.15, -0.1) is 0 Å². The third kappa shape index (κ3) is 3.39. The lowest BCUT2D eigenvalue weighted by molar-refractivity contribution is 0.0875. The van der Waals surface area contributed by atoms with Crippen LogP contribution in [0, 0.1) is 13.8 Å². The van der Waals surface area contributed by atoms with Crippen LogP contribution in [0.5, 0.6) is 5.75 Å². The summed E-state index contributed by atoms with van der Waals surface area (Å²) in [5, 5.41) is 7.09. The van der Waals surface area contributed by atoms with Crippen LogP contribution in [0.2, 0.25) is 0 Å². The average molecular weight is 319 g/mol. The van der Waals surface area contributed by atoms with Crippen LogP contribution >= 0.6 is 0 Å². The molecule has 2 aromatic heterocycles. The average Bonchev–Trinajstić information content (AvgIpc) is 3.23. The fourth-order valence-electron chi connectivity index (χ4n) is 2.46. The molecule has 2 aromatic rings. The second kappa shape index (κ2) is 6.45. The predicted octanol–water partition coefficient (Wildman–Crippen LogP) is 1.69. The zero-order chi connectivity index (χ0) is 16.4. The fourth-order valence-corrected chi connectivity index (χ4v) is 2.46. The second-order valence-corrected chi connectivity index (χ2v) is 5.66. The van der Waals surface area contributed by atoms with Crippen molar-refractivity contribution in [3.63, 3.8) is 0 Å². The Morgan fingerprint density at radius 1 is 1.48 bits per heavy atom. The Morgan fingerprint density at radius 2 is 2.30 bits per heavy atom. The fraction of sp³-hybridized carbons (Fsp3) is 0.500. The highest BCUT2D eigenvalue weighted by Crippen LogP contribution is 2.18. The van der Waals surface area contributed by atoms with Gasteiger partial charge in [-0.2, -0.15) is 5.10 Å². The van der Waals surface area contributed by atoms with Crippen LogP contribution in [0.15, 0.2) is 22.9 Å². The molecule has 0 spiro atoms. The van der Waals surface area contributed by atoms with Gasteiger partial charge >= 0.3 is 0 Å². The Labute approximate surface area is 134 Å². The maximum Gasteiger partial charge on any atom is 0.287 e. The molecule has 0 aromatic carbocycles. The van der Waals surface area contributed by atoms with Crippen molar-refractivity contribution in [2.45, 2.75) is 39.5 Å². The van der Waals surface area contributed by atoms with Crippen LogP contribution in [0.25, 0.3) is 0 Å². The van der Waals surface area contributed by atoms with Crippen molar-refractivity contribution < 1.29 is 18.7 Å². The first-order valence-corrected chi connectivity index (χ1v) is 7.71. The molecule has 0 radical (unpaired) electrons. The van der Waals surface area contributed by atoms with Gasteiger partial charge in [0, 0.05) is 6.54 Å². The summed E-state index contributed by atoms with van der Waals surface area (Å²) in [7, 11) is 0. The van der Waals surface area contributed by atoms with E-state index in [2.05, 4.69) is 10.4 Å². The summed E-state index contributed by atoms with van der Waals surface area (Å²) >= 11 is 0. The number of furan rings is 1. The van der Waals surface area contributed by atoms with Gasteiger partial charge in [-0.1, -0.05) is 0 Å². The van der Waals surface area contributed by atoms with Gasteiger partial charge in [0.15, 0.2) is 11.5 Å². The van der Waals surface area contributed by atoms with E-state index in [1.54, 1.807) is 16.9 Å². The number of aryl methyl sites for hydroxylation is 3. The SMILES string of the molecule is CCn1cc(O[C@@H]2COC[C@@H]2NC(=O)c2cc(C)c(C)o2)cn1. The van der Waals surface area contributed by atoms with Crippen molar-refractivity contribution in [1.82, 2.24) is 15.1 Å². The molecule has 1 fully saturated rings. The molecule has 1 saturated heterocycles. The summed E-state index contributed by atoms with van der Waals surface area (Å²) in [5.41, 5.74) is 0.956. The first kappa shape index (κ1) is 15.6. The molecule has 1 amide bonds. The van der Waals surface area contributed by atoms with Crippen LogP contribution in [0.3, 0.4) is 0 Å². The molecule has 1 N–H and O–H groups in total. The third-order valence-corrected chi connectivity index (χ3v) is 3.96.